The summed E-state index contributed by atoms with van der Waals surface area (Å²) in [6.45, 7) is 2.62. The number of hydrogen-bond donors (Lipinski definition) is 2. The molecule has 2 N–H and O–H groups in total. The van der Waals surface area contributed by atoms with Crippen molar-refractivity contribution in [2.75, 3.05) is 12.1 Å². The first-order valence-corrected chi connectivity index (χ1v) is 8.64. The number of aryl methyl sites for hydroxylation is 1. The van der Waals surface area contributed by atoms with Crippen molar-refractivity contribution in [2.24, 2.45) is 11.8 Å². The van der Waals surface area contributed by atoms with Gasteiger partial charge in [0, 0.05) is 12.2 Å². The zero-order valence-corrected chi connectivity index (χ0v) is 14.5. The Morgan fingerprint density at radius 2 is 1.73 bits per heavy atom. The molecule has 134 valence electrons. The van der Waals surface area contributed by atoms with E-state index in [0.717, 1.165) is 22.6 Å². The molecule has 0 spiro atoms. The first-order chi connectivity index (χ1) is 12.6. The fraction of sp³-hybridized carbons (Fsp3) is 0.300. The van der Waals surface area contributed by atoms with Crippen molar-refractivity contribution in [1.82, 2.24) is 5.32 Å². The van der Waals surface area contributed by atoms with Crippen molar-refractivity contribution >= 4 is 17.5 Å². The van der Waals surface area contributed by atoms with E-state index in [1.165, 1.54) is 0 Å². The zero-order valence-electron chi connectivity index (χ0n) is 14.5. The number of rotatable bonds is 5. The van der Waals surface area contributed by atoms with Crippen molar-refractivity contribution in [2.45, 2.75) is 19.9 Å². The fourth-order valence-electron chi connectivity index (χ4n) is 3.02. The molecule has 1 aliphatic heterocycles. The largest absolute Gasteiger partial charge is 0.454 e. The van der Waals surface area contributed by atoms with E-state index in [1.54, 1.807) is 0 Å². The molecule has 6 heteroatoms. The van der Waals surface area contributed by atoms with Gasteiger partial charge in [-0.3, -0.25) is 9.59 Å². The van der Waals surface area contributed by atoms with Crippen LogP contribution in [0.4, 0.5) is 5.69 Å². The Kier molecular flexibility index (Phi) is 4.24. The number of anilines is 1. The number of hydrogen-bond acceptors (Lipinski definition) is 4. The quantitative estimate of drug-likeness (QED) is 0.867. The number of fused-ring (bicyclic) bond motifs is 1. The SMILES string of the molecule is Cc1ccc(NC(=O)C2CC2C(=O)NCc2ccc3c(c2)OCO3)cc1. The minimum Gasteiger partial charge on any atom is -0.454 e. The van der Waals surface area contributed by atoms with Crippen molar-refractivity contribution in [1.29, 1.82) is 0 Å². The Balaban J connectivity index is 1.27. The molecule has 1 fully saturated rings. The van der Waals surface area contributed by atoms with Gasteiger partial charge < -0.3 is 20.1 Å². The van der Waals surface area contributed by atoms with Crippen LogP contribution in [0.25, 0.3) is 0 Å². The number of ether oxygens (including phenoxy) is 2. The highest BCUT2D eigenvalue weighted by Gasteiger charge is 2.47. The van der Waals surface area contributed by atoms with E-state index < -0.39 is 0 Å². The molecule has 0 bridgehead atoms. The van der Waals surface area contributed by atoms with Crippen LogP contribution in [-0.4, -0.2) is 18.6 Å². The van der Waals surface area contributed by atoms with Crippen LogP contribution < -0.4 is 20.1 Å². The lowest BCUT2D eigenvalue weighted by molar-refractivity contribution is -0.125. The summed E-state index contributed by atoms with van der Waals surface area (Å²) >= 11 is 0. The van der Waals surface area contributed by atoms with E-state index in [1.807, 2.05) is 49.4 Å². The molecular formula is C20H20N2O4. The van der Waals surface area contributed by atoms with Crippen molar-refractivity contribution < 1.29 is 19.1 Å². The first kappa shape index (κ1) is 16.4. The van der Waals surface area contributed by atoms with Gasteiger partial charge in [0.25, 0.3) is 0 Å². The average Bonchev–Trinajstić information content (AvgIpc) is 3.32. The highest BCUT2D eigenvalue weighted by molar-refractivity contribution is 5.99. The van der Waals surface area contributed by atoms with Crippen LogP contribution in [0.1, 0.15) is 17.5 Å². The van der Waals surface area contributed by atoms with Gasteiger partial charge in [-0.25, -0.2) is 0 Å². The molecule has 1 heterocycles. The molecule has 0 aromatic heterocycles. The predicted octanol–water partition coefficient (Wildman–Crippen LogP) is 2.61. The predicted molar refractivity (Wildman–Crippen MR) is 95.8 cm³/mol. The molecule has 2 atom stereocenters. The number of carbonyl (C=O) groups is 2. The Labute approximate surface area is 151 Å². The lowest BCUT2D eigenvalue weighted by atomic mass is 10.2. The minimum absolute atomic E-state index is 0.0910. The highest BCUT2D eigenvalue weighted by Crippen LogP contribution is 2.39. The first-order valence-electron chi connectivity index (χ1n) is 8.64. The second-order valence-corrected chi connectivity index (χ2v) is 6.71. The maximum Gasteiger partial charge on any atom is 0.231 e. The molecule has 26 heavy (non-hydrogen) atoms. The smallest absolute Gasteiger partial charge is 0.231 e. The molecule has 2 aliphatic rings. The van der Waals surface area contributed by atoms with Gasteiger partial charge in [0.05, 0.1) is 11.8 Å². The summed E-state index contributed by atoms with van der Waals surface area (Å²) in [5.74, 6) is 0.708. The van der Waals surface area contributed by atoms with Crippen LogP contribution in [0, 0.1) is 18.8 Å². The van der Waals surface area contributed by atoms with Crippen molar-refractivity contribution in [3.8, 4) is 11.5 Å². The fourth-order valence-corrected chi connectivity index (χ4v) is 3.02. The summed E-state index contributed by atoms with van der Waals surface area (Å²) in [6, 6.07) is 13.2. The average molecular weight is 352 g/mol. The molecular weight excluding hydrogens is 332 g/mol. The molecule has 2 aromatic rings. The number of carbonyl (C=O) groups excluding carboxylic acids is 2. The molecule has 0 saturated heterocycles. The van der Waals surface area contributed by atoms with Gasteiger partial charge in [0.1, 0.15) is 0 Å². The van der Waals surface area contributed by atoms with Gasteiger partial charge >= 0.3 is 0 Å². The topological polar surface area (TPSA) is 76.7 Å². The molecule has 1 aliphatic carbocycles. The molecule has 0 radical (unpaired) electrons. The van der Waals surface area contributed by atoms with Crippen LogP contribution >= 0.6 is 0 Å². The molecule has 1 saturated carbocycles. The van der Waals surface area contributed by atoms with E-state index in [-0.39, 0.29) is 30.4 Å². The summed E-state index contributed by atoms with van der Waals surface area (Å²) in [6.07, 6.45) is 0.588. The van der Waals surface area contributed by atoms with Crippen molar-refractivity contribution in [3.63, 3.8) is 0 Å². The van der Waals surface area contributed by atoms with E-state index in [4.69, 9.17) is 9.47 Å². The summed E-state index contributed by atoms with van der Waals surface area (Å²) in [4.78, 5) is 24.5. The number of nitrogens with one attached hydrogen (secondary N) is 2. The third-order valence-corrected chi connectivity index (χ3v) is 4.69. The van der Waals surface area contributed by atoms with Gasteiger partial charge in [0.2, 0.25) is 18.6 Å². The van der Waals surface area contributed by atoms with Crippen molar-refractivity contribution in [3.05, 3.63) is 53.6 Å². The number of amides is 2. The standard InChI is InChI=1S/C20H20N2O4/c1-12-2-5-14(6-3-12)22-20(24)16-9-15(16)19(23)21-10-13-4-7-17-18(8-13)26-11-25-17/h2-8,15-16H,9-11H2,1H3,(H,21,23)(H,22,24). The molecule has 4 rings (SSSR count). The van der Waals surface area contributed by atoms with Crippen LogP contribution in [0.3, 0.4) is 0 Å². The maximum atomic E-state index is 12.3. The van der Waals surface area contributed by atoms with Gasteiger partial charge in [-0.1, -0.05) is 23.8 Å². The van der Waals surface area contributed by atoms with Crippen LogP contribution in [0.15, 0.2) is 42.5 Å². The van der Waals surface area contributed by atoms with Gasteiger partial charge in [0.15, 0.2) is 11.5 Å². The third kappa shape index (κ3) is 3.49. The number of benzene rings is 2. The van der Waals surface area contributed by atoms with E-state index in [0.29, 0.717) is 18.7 Å². The monoisotopic (exact) mass is 352 g/mol. The summed E-state index contributed by atoms with van der Waals surface area (Å²) < 4.78 is 10.6. The Bertz CT molecular complexity index is 847. The second kappa shape index (κ2) is 6.71. The maximum absolute atomic E-state index is 12.3. The molecule has 6 nitrogen and oxygen atoms in total. The van der Waals surface area contributed by atoms with E-state index >= 15 is 0 Å². The van der Waals surface area contributed by atoms with Crippen LogP contribution in [-0.2, 0) is 16.1 Å². The second-order valence-electron chi connectivity index (χ2n) is 6.71. The Morgan fingerprint density at radius 3 is 2.54 bits per heavy atom. The molecule has 2 unspecified atom stereocenters. The Hall–Kier alpha value is -3.02. The van der Waals surface area contributed by atoms with Crippen LogP contribution in [0.2, 0.25) is 0 Å². The molecule has 2 aromatic carbocycles. The van der Waals surface area contributed by atoms with Gasteiger partial charge in [-0.05, 0) is 43.2 Å². The normalized spacial score (nSPS) is 19.7. The van der Waals surface area contributed by atoms with Crippen LogP contribution in [0.5, 0.6) is 11.5 Å². The van der Waals surface area contributed by atoms with E-state index in [2.05, 4.69) is 10.6 Å². The summed E-state index contributed by atoms with van der Waals surface area (Å²) in [5, 5.41) is 5.76. The lowest BCUT2D eigenvalue weighted by Gasteiger charge is -2.07. The molecule has 2 amide bonds. The van der Waals surface area contributed by atoms with Gasteiger partial charge in [-0.15, -0.1) is 0 Å². The minimum atomic E-state index is -0.256. The lowest BCUT2D eigenvalue weighted by Crippen LogP contribution is -2.27. The Morgan fingerprint density at radius 1 is 1.00 bits per heavy atom. The summed E-state index contributed by atoms with van der Waals surface area (Å²) in [7, 11) is 0. The highest BCUT2D eigenvalue weighted by atomic mass is 16.7. The summed E-state index contributed by atoms with van der Waals surface area (Å²) in [5.41, 5.74) is 2.83. The zero-order chi connectivity index (χ0) is 18.1. The van der Waals surface area contributed by atoms with Gasteiger partial charge in [-0.2, -0.15) is 0 Å². The van der Waals surface area contributed by atoms with E-state index in [9.17, 15) is 9.59 Å². The third-order valence-electron chi connectivity index (χ3n) is 4.69.